The van der Waals surface area contributed by atoms with E-state index in [2.05, 4.69) is 49.4 Å². The molecule has 3 aromatic carbocycles. The van der Waals surface area contributed by atoms with Crippen LogP contribution in [0.3, 0.4) is 0 Å². The summed E-state index contributed by atoms with van der Waals surface area (Å²) in [5.74, 6) is 0.992. The summed E-state index contributed by atoms with van der Waals surface area (Å²) in [6.45, 7) is 2.11. The topological polar surface area (TPSA) is 20.3 Å². The predicted octanol–water partition coefficient (Wildman–Crippen LogP) is 5.57. The number of carbonyl (C=O) groups excluding carboxylic acids is 1. The molecule has 0 aliphatic carbocycles. The number of nitrogens with zero attached hydrogens (tertiary/aromatic N) is 1. The summed E-state index contributed by atoms with van der Waals surface area (Å²) in [7, 11) is 0. The van der Waals surface area contributed by atoms with E-state index < -0.39 is 0 Å². The van der Waals surface area contributed by atoms with Gasteiger partial charge in [0, 0.05) is 27.9 Å². The first-order chi connectivity index (χ1) is 12.7. The maximum Gasteiger partial charge on any atom is 0.258 e. The number of thioether (sulfide) groups is 1. The van der Waals surface area contributed by atoms with Crippen LogP contribution in [-0.4, -0.2) is 11.9 Å². The normalized spacial score (nSPS) is 15.7. The van der Waals surface area contributed by atoms with Crippen LogP contribution in [0.1, 0.15) is 28.4 Å². The van der Waals surface area contributed by atoms with E-state index in [1.54, 1.807) is 0 Å². The molecular weight excluding hydrogens is 338 g/mol. The van der Waals surface area contributed by atoms with Crippen LogP contribution in [0.25, 0.3) is 0 Å². The molecule has 1 amide bonds. The second-order valence-corrected chi connectivity index (χ2v) is 7.70. The Morgan fingerprint density at radius 1 is 0.962 bits per heavy atom. The van der Waals surface area contributed by atoms with Crippen LogP contribution in [0, 0.1) is 0 Å². The fraction of sp³-hybridized carbons (Fsp3) is 0.174. The smallest absolute Gasteiger partial charge is 0.258 e. The number of fused-ring (bicyclic) bond motifs is 1. The Morgan fingerprint density at radius 3 is 2.42 bits per heavy atom. The van der Waals surface area contributed by atoms with Crippen molar-refractivity contribution in [2.75, 3.05) is 4.90 Å². The van der Waals surface area contributed by atoms with Gasteiger partial charge in [-0.1, -0.05) is 48.5 Å². The maximum absolute atomic E-state index is 13.0. The maximum atomic E-state index is 13.0. The molecule has 4 rings (SSSR count). The highest BCUT2D eigenvalue weighted by Gasteiger charge is 2.31. The number of para-hydroxylation sites is 1. The molecule has 130 valence electrons. The second-order valence-electron chi connectivity index (χ2n) is 6.66. The van der Waals surface area contributed by atoms with Crippen LogP contribution in [0.15, 0.2) is 83.8 Å². The molecule has 0 bridgehead atoms. The van der Waals surface area contributed by atoms with E-state index in [0.717, 1.165) is 23.4 Å². The van der Waals surface area contributed by atoms with Crippen LogP contribution in [-0.2, 0) is 12.2 Å². The van der Waals surface area contributed by atoms with Gasteiger partial charge in [-0.15, -0.1) is 11.8 Å². The molecule has 0 radical (unpaired) electrons. The largest absolute Gasteiger partial charge is 0.305 e. The molecule has 26 heavy (non-hydrogen) atoms. The third-order valence-corrected chi connectivity index (χ3v) is 5.86. The van der Waals surface area contributed by atoms with Crippen LogP contribution >= 0.6 is 11.8 Å². The monoisotopic (exact) mass is 359 g/mol. The SMILES string of the molecule is C[C@@H]1Cc2ccccc2N1C(=O)c1ccc(CSc2ccccc2)cc1. The van der Waals surface area contributed by atoms with Gasteiger partial charge in [-0.25, -0.2) is 0 Å². The Labute approximate surface area is 158 Å². The summed E-state index contributed by atoms with van der Waals surface area (Å²) in [5, 5.41) is 0. The van der Waals surface area contributed by atoms with Gasteiger partial charge in [0.1, 0.15) is 0 Å². The lowest BCUT2D eigenvalue weighted by atomic mass is 10.1. The summed E-state index contributed by atoms with van der Waals surface area (Å²) in [6.07, 6.45) is 0.924. The molecule has 0 saturated carbocycles. The van der Waals surface area contributed by atoms with Crippen molar-refractivity contribution in [1.82, 2.24) is 0 Å². The zero-order valence-corrected chi connectivity index (χ0v) is 15.6. The Balaban J connectivity index is 1.47. The minimum absolute atomic E-state index is 0.0877. The molecular formula is C23H21NOS. The van der Waals surface area contributed by atoms with Crippen molar-refractivity contribution in [3.8, 4) is 0 Å². The van der Waals surface area contributed by atoms with Gasteiger partial charge >= 0.3 is 0 Å². The molecule has 3 heteroatoms. The van der Waals surface area contributed by atoms with Gasteiger partial charge < -0.3 is 4.90 Å². The van der Waals surface area contributed by atoms with E-state index in [4.69, 9.17) is 0 Å². The van der Waals surface area contributed by atoms with Crippen molar-refractivity contribution in [2.45, 2.75) is 30.0 Å². The van der Waals surface area contributed by atoms with Crippen molar-refractivity contribution < 1.29 is 4.79 Å². The summed E-state index contributed by atoms with van der Waals surface area (Å²) < 4.78 is 0. The zero-order valence-electron chi connectivity index (χ0n) is 14.8. The molecule has 1 atom stereocenters. The van der Waals surface area contributed by atoms with E-state index in [0.29, 0.717) is 0 Å². The van der Waals surface area contributed by atoms with Crippen molar-refractivity contribution in [2.24, 2.45) is 0 Å². The highest BCUT2D eigenvalue weighted by molar-refractivity contribution is 7.98. The van der Waals surface area contributed by atoms with Crippen molar-refractivity contribution in [3.05, 3.63) is 95.6 Å². The van der Waals surface area contributed by atoms with Crippen molar-refractivity contribution in [3.63, 3.8) is 0 Å². The molecule has 0 saturated heterocycles. The average molecular weight is 359 g/mol. The van der Waals surface area contributed by atoms with E-state index in [1.807, 2.05) is 53.1 Å². The van der Waals surface area contributed by atoms with Crippen LogP contribution < -0.4 is 4.90 Å². The first-order valence-electron chi connectivity index (χ1n) is 8.90. The quantitative estimate of drug-likeness (QED) is 0.568. The highest BCUT2D eigenvalue weighted by atomic mass is 32.2. The number of anilines is 1. The second kappa shape index (κ2) is 7.38. The molecule has 0 N–H and O–H groups in total. The lowest BCUT2D eigenvalue weighted by molar-refractivity contribution is 0.0981. The van der Waals surface area contributed by atoms with Crippen molar-refractivity contribution in [1.29, 1.82) is 0 Å². The number of rotatable bonds is 4. The first kappa shape index (κ1) is 16.9. The van der Waals surface area contributed by atoms with Gasteiger partial charge in [-0.3, -0.25) is 4.79 Å². The summed E-state index contributed by atoms with van der Waals surface area (Å²) in [6, 6.07) is 26.8. The molecule has 3 aromatic rings. The predicted molar refractivity (Wildman–Crippen MR) is 109 cm³/mol. The first-order valence-corrected chi connectivity index (χ1v) is 9.89. The molecule has 1 heterocycles. The Morgan fingerprint density at radius 2 is 1.65 bits per heavy atom. The van der Waals surface area contributed by atoms with Gasteiger partial charge in [0.15, 0.2) is 0 Å². The van der Waals surface area contributed by atoms with E-state index in [-0.39, 0.29) is 11.9 Å². The van der Waals surface area contributed by atoms with Gasteiger partial charge in [-0.05, 0) is 54.8 Å². The lowest BCUT2D eigenvalue weighted by Crippen LogP contribution is -2.35. The number of hydrogen-bond donors (Lipinski definition) is 0. The number of hydrogen-bond acceptors (Lipinski definition) is 2. The minimum atomic E-state index is 0.0877. The third-order valence-electron chi connectivity index (χ3n) is 4.78. The van der Waals surface area contributed by atoms with E-state index in [1.165, 1.54) is 16.0 Å². The Hall–Kier alpha value is -2.52. The van der Waals surface area contributed by atoms with Gasteiger partial charge in [-0.2, -0.15) is 0 Å². The summed E-state index contributed by atoms with van der Waals surface area (Å²) in [4.78, 5) is 16.2. The Kier molecular flexibility index (Phi) is 4.81. The standard InChI is InChI=1S/C23H21NOS/c1-17-15-20-7-5-6-10-22(20)24(17)23(25)19-13-11-18(12-14-19)16-26-21-8-3-2-4-9-21/h2-14,17H,15-16H2,1H3/t17-/m1/s1. The number of benzene rings is 3. The highest BCUT2D eigenvalue weighted by Crippen LogP contribution is 2.33. The summed E-state index contributed by atoms with van der Waals surface area (Å²) >= 11 is 1.81. The lowest BCUT2D eigenvalue weighted by Gasteiger charge is -2.23. The van der Waals surface area contributed by atoms with Crippen LogP contribution in [0.4, 0.5) is 5.69 Å². The minimum Gasteiger partial charge on any atom is -0.305 e. The molecule has 2 nitrogen and oxygen atoms in total. The summed E-state index contributed by atoms with van der Waals surface area (Å²) in [5.41, 5.74) is 4.28. The molecule has 0 aromatic heterocycles. The molecule has 1 aliphatic heterocycles. The average Bonchev–Trinajstić information content (AvgIpc) is 3.03. The van der Waals surface area contributed by atoms with Crippen LogP contribution in [0.2, 0.25) is 0 Å². The van der Waals surface area contributed by atoms with Gasteiger partial charge in [0.25, 0.3) is 5.91 Å². The van der Waals surface area contributed by atoms with Gasteiger partial charge in [0.05, 0.1) is 0 Å². The molecule has 0 spiro atoms. The molecule has 0 unspecified atom stereocenters. The number of amides is 1. The van der Waals surface area contributed by atoms with Crippen molar-refractivity contribution >= 4 is 23.4 Å². The third kappa shape index (κ3) is 3.40. The zero-order chi connectivity index (χ0) is 17.9. The Bertz CT molecular complexity index is 905. The van der Waals surface area contributed by atoms with Crippen LogP contribution in [0.5, 0.6) is 0 Å². The van der Waals surface area contributed by atoms with Gasteiger partial charge in [0.2, 0.25) is 0 Å². The van der Waals surface area contributed by atoms with E-state index >= 15 is 0 Å². The molecule has 0 fully saturated rings. The van der Waals surface area contributed by atoms with E-state index in [9.17, 15) is 4.79 Å². The fourth-order valence-electron chi connectivity index (χ4n) is 3.44. The molecule has 1 aliphatic rings. The fourth-order valence-corrected chi connectivity index (χ4v) is 4.32. The number of carbonyl (C=O) groups is 1.